The zero-order valence-corrected chi connectivity index (χ0v) is 10.6. The molecule has 0 aromatic heterocycles. The topological polar surface area (TPSA) is 29.5 Å². The molecule has 0 aliphatic carbocycles. The van der Waals surface area contributed by atoms with Gasteiger partial charge in [-0.3, -0.25) is 4.79 Å². The minimum atomic E-state index is 0.254. The van der Waals surface area contributed by atoms with Gasteiger partial charge < -0.3 is 9.64 Å². The predicted octanol–water partition coefficient (Wildman–Crippen LogP) is 2.42. The number of carbonyl (C=O) groups is 1. The molecular weight excluding hydrogens is 214 g/mol. The molecular formula is C14H19NO2. The molecule has 0 radical (unpaired) electrons. The summed E-state index contributed by atoms with van der Waals surface area (Å²) in [6.07, 6.45) is 1.40. The third-order valence-electron chi connectivity index (χ3n) is 3.12. The summed E-state index contributed by atoms with van der Waals surface area (Å²) >= 11 is 0. The molecule has 0 N–H and O–H groups in total. The highest BCUT2D eigenvalue weighted by Gasteiger charge is 2.23. The van der Waals surface area contributed by atoms with Gasteiger partial charge in [-0.05, 0) is 44.5 Å². The number of hydrogen-bond donors (Lipinski definition) is 0. The Hall–Kier alpha value is -1.35. The summed E-state index contributed by atoms with van der Waals surface area (Å²) in [7, 11) is 0. The second-order valence-electron chi connectivity index (χ2n) is 4.83. The SMILES string of the molecule is Cc1cc(C=O)ccc1N1C[C@@H](C)O[C@@H](C)C1. The van der Waals surface area contributed by atoms with Gasteiger partial charge in [-0.25, -0.2) is 0 Å². The highest BCUT2D eigenvalue weighted by atomic mass is 16.5. The molecule has 17 heavy (non-hydrogen) atoms. The van der Waals surface area contributed by atoms with Crippen molar-refractivity contribution in [3.05, 3.63) is 29.3 Å². The summed E-state index contributed by atoms with van der Waals surface area (Å²) in [4.78, 5) is 13.1. The molecule has 1 heterocycles. The third kappa shape index (κ3) is 2.67. The van der Waals surface area contributed by atoms with Gasteiger partial charge in [-0.1, -0.05) is 0 Å². The minimum absolute atomic E-state index is 0.254. The van der Waals surface area contributed by atoms with Crippen LogP contribution in [0.2, 0.25) is 0 Å². The van der Waals surface area contributed by atoms with Crippen LogP contribution in [-0.2, 0) is 4.74 Å². The molecule has 1 aromatic rings. The van der Waals surface area contributed by atoms with Crippen molar-refractivity contribution in [3.63, 3.8) is 0 Å². The van der Waals surface area contributed by atoms with E-state index >= 15 is 0 Å². The molecule has 2 atom stereocenters. The van der Waals surface area contributed by atoms with Gasteiger partial charge in [0.2, 0.25) is 0 Å². The van der Waals surface area contributed by atoms with Crippen molar-refractivity contribution in [1.29, 1.82) is 0 Å². The first-order valence-electron chi connectivity index (χ1n) is 6.06. The van der Waals surface area contributed by atoms with Crippen molar-refractivity contribution in [3.8, 4) is 0 Å². The van der Waals surface area contributed by atoms with Crippen LogP contribution in [0, 0.1) is 6.92 Å². The van der Waals surface area contributed by atoms with Crippen LogP contribution in [0.4, 0.5) is 5.69 Å². The highest BCUT2D eigenvalue weighted by molar-refractivity contribution is 5.77. The largest absolute Gasteiger partial charge is 0.372 e. The van der Waals surface area contributed by atoms with Crippen molar-refractivity contribution in [1.82, 2.24) is 0 Å². The second kappa shape index (κ2) is 4.88. The quantitative estimate of drug-likeness (QED) is 0.735. The Balaban J connectivity index is 2.24. The van der Waals surface area contributed by atoms with Crippen LogP contribution in [0.1, 0.15) is 29.8 Å². The van der Waals surface area contributed by atoms with Crippen molar-refractivity contribution in [2.45, 2.75) is 33.0 Å². The predicted molar refractivity (Wildman–Crippen MR) is 68.8 cm³/mol. The summed E-state index contributed by atoms with van der Waals surface area (Å²) in [5.74, 6) is 0. The van der Waals surface area contributed by atoms with E-state index in [4.69, 9.17) is 4.74 Å². The monoisotopic (exact) mass is 233 g/mol. The normalized spacial score (nSPS) is 24.8. The Morgan fingerprint density at radius 2 is 1.94 bits per heavy atom. The minimum Gasteiger partial charge on any atom is -0.372 e. The fourth-order valence-corrected chi connectivity index (χ4v) is 2.48. The Bertz CT molecular complexity index is 407. The zero-order chi connectivity index (χ0) is 12.4. The Morgan fingerprint density at radius 3 is 2.47 bits per heavy atom. The van der Waals surface area contributed by atoms with Crippen LogP contribution in [0.15, 0.2) is 18.2 Å². The van der Waals surface area contributed by atoms with Crippen LogP contribution in [0.5, 0.6) is 0 Å². The summed E-state index contributed by atoms with van der Waals surface area (Å²) in [6.45, 7) is 8.06. The first-order valence-corrected chi connectivity index (χ1v) is 6.06. The molecule has 3 heteroatoms. The number of aryl methyl sites for hydroxylation is 1. The molecule has 1 fully saturated rings. The number of ether oxygens (including phenoxy) is 1. The summed E-state index contributed by atoms with van der Waals surface area (Å²) in [5, 5.41) is 0. The van der Waals surface area contributed by atoms with Gasteiger partial charge >= 0.3 is 0 Å². The van der Waals surface area contributed by atoms with Crippen LogP contribution in [0.3, 0.4) is 0 Å². The lowest BCUT2D eigenvalue weighted by molar-refractivity contribution is -0.00524. The number of benzene rings is 1. The van der Waals surface area contributed by atoms with Gasteiger partial charge in [0, 0.05) is 24.3 Å². The number of morpholine rings is 1. The third-order valence-corrected chi connectivity index (χ3v) is 3.12. The summed E-state index contributed by atoms with van der Waals surface area (Å²) < 4.78 is 5.72. The zero-order valence-electron chi connectivity index (χ0n) is 10.6. The molecule has 1 aliphatic heterocycles. The number of aldehydes is 1. The standard InChI is InChI=1S/C14H19NO2/c1-10-6-13(9-16)4-5-14(10)15-7-11(2)17-12(3)8-15/h4-6,9,11-12H,7-8H2,1-3H3/t11-,12+. The maximum absolute atomic E-state index is 10.7. The second-order valence-corrected chi connectivity index (χ2v) is 4.83. The van der Waals surface area contributed by atoms with Crippen LogP contribution >= 0.6 is 0 Å². The number of carbonyl (C=O) groups excluding carboxylic acids is 1. The molecule has 92 valence electrons. The van der Waals surface area contributed by atoms with Gasteiger partial charge in [0.1, 0.15) is 6.29 Å². The Morgan fingerprint density at radius 1 is 1.29 bits per heavy atom. The molecule has 1 saturated heterocycles. The van der Waals surface area contributed by atoms with Crippen molar-refractivity contribution in [2.75, 3.05) is 18.0 Å². The van der Waals surface area contributed by atoms with Crippen molar-refractivity contribution in [2.24, 2.45) is 0 Å². The molecule has 0 saturated carbocycles. The van der Waals surface area contributed by atoms with E-state index in [9.17, 15) is 4.79 Å². The van der Waals surface area contributed by atoms with E-state index in [0.717, 1.165) is 30.5 Å². The fourth-order valence-electron chi connectivity index (χ4n) is 2.48. The van der Waals surface area contributed by atoms with Crippen molar-refractivity contribution >= 4 is 12.0 Å². The maximum atomic E-state index is 10.7. The Kier molecular flexibility index (Phi) is 3.48. The highest BCUT2D eigenvalue weighted by Crippen LogP contribution is 2.24. The van der Waals surface area contributed by atoms with Gasteiger partial charge in [-0.15, -0.1) is 0 Å². The van der Waals surface area contributed by atoms with E-state index in [-0.39, 0.29) is 12.2 Å². The van der Waals surface area contributed by atoms with E-state index in [0.29, 0.717) is 0 Å². The molecule has 1 aromatic carbocycles. The first-order chi connectivity index (χ1) is 8.10. The molecule has 1 aliphatic rings. The molecule has 2 rings (SSSR count). The lowest BCUT2D eigenvalue weighted by Gasteiger charge is -2.37. The maximum Gasteiger partial charge on any atom is 0.150 e. The number of hydrogen-bond acceptors (Lipinski definition) is 3. The summed E-state index contributed by atoms with van der Waals surface area (Å²) in [5.41, 5.74) is 3.09. The van der Waals surface area contributed by atoms with Gasteiger partial charge in [0.15, 0.2) is 0 Å². The fraction of sp³-hybridized carbons (Fsp3) is 0.500. The van der Waals surface area contributed by atoms with E-state index in [1.54, 1.807) is 0 Å². The molecule has 0 amide bonds. The van der Waals surface area contributed by atoms with E-state index in [1.807, 2.05) is 25.1 Å². The van der Waals surface area contributed by atoms with E-state index < -0.39 is 0 Å². The van der Waals surface area contributed by atoms with Crippen LogP contribution in [-0.4, -0.2) is 31.6 Å². The first kappa shape index (κ1) is 12.1. The lowest BCUT2D eigenvalue weighted by Crippen LogP contribution is -2.45. The van der Waals surface area contributed by atoms with Crippen molar-refractivity contribution < 1.29 is 9.53 Å². The van der Waals surface area contributed by atoms with Crippen LogP contribution in [0.25, 0.3) is 0 Å². The van der Waals surface area contributed by atoms with Crippen LogP contribution < -0.4 is 4.90 Å². The average Bonchev–Trinajstić information content (AvgIpc) is 2.27. The number of anilines is 1. The molecule has 0 spiro atoms. The molecule has 0 unspecified atom stereocenters. The lowest BCUT2D eigenvalue weighted by atomic mass is 10.1. The van der Waals surface area contributed by atoms with E-state index in [2.05, 4.69) is 18.7 Å². The average molecular weight is 233 g/mol. The number of rotatable bonds is 2. The van der Waals surface area contributed by atoms with Gasteiger partial charge in [0.05, 0.1) is 12.2 Å². The van der Waals surface area contributed by atoms with Gasteiger partial charge in [0.25, 0.3) is 0 Å². The smallest absolute Gasteiger partial charge is 0.150 e. The molecule has 0 bridgehead atoms. The van der Waals surface area contributed by atoms with E-state index in [1.165, 1.54) is 5.69 Å². The van der Waals surface area contributed by atoms with Gasteiger partial charge in [-0.2, -0.15) is 0 Å². The number of nitrogens with zero attached hydrogens (tertiary/aromatic N) is 1. The Labute approximate surface area is 102 Å². The summed E-state index contributed by atoms with van der Waals surface area (Å²) in [6, 6.07) is 5.84. The molecule has 3 nitrogen and oxygen atoms in total.